The van der Waals surface area contributed by atoms with Crippen LogP contribution in [0.25, 0.3) is 20.9 Å². The van der Waals surface area contributed by atoms with Crippen molar-refractivity contribution in [3.63, 3.8) is 0 Å². The van der Waals surface area contributed by atoms with Gasteiger partial charge in [0.15, 0.2) is 5.03 Å². The second kappa shape index (κ2) is 8.58. The highest BCUT2D eigenvalue weighted by Crippen LogP contribution is 2.39. The van der Waals surface area contributed by atoms with E-state index in [2.05, 4.69) is 15.8 Å². The van der Waals surface area contributed by atoms with E-state index in [1.807, 2.05) is 30.3 Å². The number of sulfonamides is 1. The number of fused-ring (bicyclic) bond motifs is 1. The van der Waals surface area contributed by atoms with Crippen LogP contribution in [0.15, 0.2) is 78.0 Å². The molecule has 7 nitrogen and oxygen atoms in total. The van der Waals surface area contributed by atoms with Crippen LogP contribution in [0, 0.1) is 0 Å². The highest BCUT2D eigenvalue weighted by molar-refractivity contribution is 7.92. The molecule has 0 saturated carbocycles. The van der Waals surface area contributed by atoms with E-state index in [1.54, 1.807) is 47.5 Å². The minimum atomic E-state index is -3.87. The highest BCUT2D eigenvalue weighted by atomic mass is 32.2. The van der Waals surface area contributed by atoms with Gasteiger partial charge in [0.1, 0.15) is 5.75 Å². The van der Waals surface area contributed by atoms with Crippen molar-refractivity contribution < 1.29 is 17.9 Å². The lowest BCUT2D eigenvalue weighted by Gasteiger charge is -2.12. The van der Waals surface area contributed by atoms with E-state index in [9.17, 15) is 13.2 Å². The Hall–Kier alpha value is -3.69. The van der Waals surface area contributed by atoms with Crippen LogP contribution in [0.3, 0.4) is 0 Å². The maximum absolute atomic E-state index is 12.8. The van der Waals surface area contributed by atoms with Crippen molar-refractivity contribution in [2.45, 2.75) is 11.6 Å². The summed E-state index contributed by atoms with van der Waals surface area (Å²) in [7, 11) is -0.574. The molecule has 0 spiro atoms. The van der Waals surface area contributed by atoms with Crippen LogP contribution in [0.1, 0.15) is 15.9 Å². The fraction of sp³-hybridized carbons (Fsp3) is 0.120. The summed E-state index contributed by atoms with van der Waals surface area (Å²) in [6.07, 6.45) is 1.43. The van der Waals surface area contributed by atoms with Gasteiger partial charge in [-0.3, -0.25) is 9.52 Å². The predicted octanol–water partition coefficient (Wildman–Crippen LogP) is 4.87. The summed E-state index contributed by atoms with van der Waals surface area (Å²) in [6, 6.07) is 20.0. The summed E-state index contributed by atoms with van der Waals surface area (Å²) in [5, 5.41) is -0.0680. The van der Waals surface area contributed by atoms with Crippen LogP contribution in [-0.4, -0.2) is 38.4 Å². The van der Waals surface area contributed by atoms with E-state index in [4.69, 9.17) is 4.74 Å². The van der Waals surface area contributed by atoms with Crippen molar-refractivity contribution in [3.8, 4) is 26.6 Å². The minimum absolute atomic E-state index is 0.0485. The molecular weight excluding hydrogens is 470 g/mol. The summed E-state index contributed by atoms with van der Waals surface area (Å²) in [5.74, 6) is 0.458. The van der Waals surface area contributed by atoms with Crippen molar-refractivity contribution >= 4 is 33.0 Å². The third-order valence-electron chi connectivity index (χ3n) is 5.62. The summed E-state index contributed by atoms with van der Waals surface area (Å²) < 4.78 is 33.6. The summed E-state index contributed by atoms with van der Waals surface area (Å²) in [6.45, 7) is 0.610. The molecule has 34 heavy (non-hydrogen) atoms. The van der Waals surface area contributed by atoms with Gasteiger partial charge in [-0.05, 0) is 71.3 Å². The zero-order valence-corrected chi connectivity index (χ0v) is 20.1. The molecule has 2 aromatic carbocycles. The van der Waals surface area contributed by atoms with Crippen molar-refractivity contribution in [2.24, 2.45) is 0 Å². The Labute approximate surface area is 201 Å². The van der Waals surface area contributed by atoms with E-state index in [-0.39, 0.29) is 10.9 Å². The number of methoxy groups -OCH3 is 1. The van der Waals surface area contributed by atoms with Crippen molar-refractivity contribution in [2.75, 3.05) is 18.9 Å². The number of pyridine rings is 1. The highest BCUT2D eigenvalue weighted by Gasteiger charge is 2.24. The van der Waals surface area contributed by atoms with Crippen molar-refractivity contribution in [1.82, 2.24) is 9.88 Å². The van der Waals surface area contributed by atoms with Gasteiger partial charge in [0, 0.05) is 35.1 Å². The number of nitrogens with zero attached hydrogens (tertiary/aromatic N) is 2. The number of benzene rings is 2. The van der Waals surface area contributed by atoms with Crippen LogP contribution in [-0.2, 0) is 16.6 Å². The van der Waals surface area contributed by atoms with E-state index >= 15 is 0 Å². The normalized spacial score (nSPS) is 13.1. The van der Waals surface area contributed by atoms with Gasteiger partial charge in [-0.25, -0.2) is 4.98 Å². The number of carbonyl (C=O) groups is 1. The van der Waals surface area contributed by atoms with Crippen molar-refractivity contribution in [1.29, 1.82) is 0 Å². The zero-order valence-electron chi connectivity index (χ0n) is 18.5. The number of thiophene rings is 1. The Morgan fingerprint density at radius 2 is 1.74 bits per heavy atom. The monoisotopic (exact) mass is 491 g/mol. The molecule has 0 fully saturated rings. The van der Waals surface area contributed by atoms with E-state index in [0.29, 0.717) is 18.0 Å². The Morgan fingerprint density at radius 1 is 1.00 bits per heavy atom. The number of hydrogen-bond donors (Lipinski definition) is 1. The first-order valence-corrected chi connectivity index (χ1v) is 12.8. The molecule has 9 heteroatoms. The molecule has 4 aromatic rings. The molecule has 0 atom stereocenters. The minimum Gasteiger partial charge on any atom is -0.495 e. The molecule has 1 aliphatic heterocycles. The second-order valence-electron chi connectivity index (χ2n) is 7.89. The third kappa shape index (κ3) is 4.04. The largest absolute Gasteiger partial charge is 0.495 e. The maximum Gasteiger partial charge on any atom is 0.279 e. The number of ether oxygens (including phenoxy) is 1. The number of rotatable bonds is 6. The Balaban J connectivity index is 1.46. The number of anilines is 1. The molecule has 5 rings (SSSR count). The van der Waals surface area contributed by atoms with Gasteiger partial charge < -0.3 is 9.64 Å². The predicted molar refractivity (Wildman–Crippen MR) is 133 cm³/mol. The van der Waals surface area contributed by atoms with Crippen LogP contribution in [0.5, 0.6) is 5.75 Å². The number of aromatic nitrogens is 1. The van der Waals surface area contributed by atoms with E-state index < -0.39 is 10.0 Å². The van der Waals surface area contributed by atoms with Gasteiger partial charge in [-0.1, -0.05) is 12.1 Å². The van der Waals surface area contributed by atoms with Crippen LogP contribution in [0.4, 0.5) is 5.69 Å². The topological polar surface area (TPSA) is 88.6 Å². The summed E-state index contributed by atoms with van der Waals surface area (Å²) >= 11 is 1.59. The maximum atomic E-state index is 12.8. The van der Waals surface area contributed by atoms with E-state index in [0.717, 1.165) is 32.0 Å². The lowest BCUT2D eigenvalue weighted by atomic mass is 10.1. The fourth-order valence-electron chi connectivity index (χ4n) is 3.91. The Kier molecular flexibility index (Phi) is 5.59. The number of carbonyl (C=O) groups excluding carboxylic acids is 1. The fourth-order valence-corrected chi connectivity index (χ4v) is 5.92. The molecule has 2 aromatic heterocycles. The van der Waals surface area contributed by atoms with Crippen LogP contribution < -0.4 is 9.46 Å². The standard InChI is InChI=1S/C25H21N3O4S2/c1-28-15-18-13-16(6-8-19(18)25(28)29)22-10-11-23(33-22)17-7-9-21(32-2)20(14-17)27-34(30,31)24-5-3-4-12-26-24/h3-14,27H,15H2,1-2H3. The molecule has 3 heterocycles. The molecule has 0 unspecified atom stereocenters. The molecule has 0 saturated heterocycles. The molecule has 0 aliphatic carbocycles. The first-order valence-electron chi connectivity index (χ1n) is 10.5. The number of hydrogen-bond acceptors (Lipinski definition) is 6. The summed E-state index contributed by atoms with van der Waals surface area (Å²) in [5.41, 5.74) is 4.01. The Bertz CT molecular complexity index is 1500. The van der Waals surface area contributed by atoms with Gasteiger partial charge in [0.25, 0.3) is 15.9 Å². The van der Waals surface area contributed by atoms with E-state index in [1.165, 1.54) is 19.4 Å². The second-order valence-corrected chi connectivity index (χ2v) is 10.6. The van der Waals surface area contributed by atoms with Gasteiger partial charge >= 0.3 is 0 Å². The Morgan fingerprint density at radius 3 is 2.44 bits per heavy atom. The lowest BCUT2D eigenvalue weighted by molar-refractivity contribution is 0.0816. The van der Waals surface area contributed by atoms with Crippen LogP contribution >= 0.6 is 11.3 Å². The van der Waals surface area contributed by atoms with Gasteiger partial charge in [0.05, 0.1) is 12.8 Å². The zero-order chi connectivity index (χ0) is 23.9. The lowest BCUT2D eigenvalue weighted by Crippen LogP contribution is -2.17. The molecular formula is C25H21N3O4S2. The summed E-state index contributed by atoms with van der Waals surface area (Å²) in [4.78, 5) is 19.9. The average Bonchev–Trinajstić information content (AvgIpc) is 3.44. The quantitative estimate of drug-likeness (QED) is 0.416. The molecule has 172 valence electrons. The molecule has 1 amide bonds. The third-order valence-corrected chi connectivity index (χ3v) is 8.09. The molecule has 0 radical (unpaired) electrons. The van der Waals surface area contributed by atoms with Crippen molar-refractivity contribution in [3.05, 3.63) is 84.1 Å². The average molecular weight is 492 g/mol. The van der Waals surface area contributed by atoms with Gasteiger partial charge in [0.2, 0.25) is 0 Å². The van der Waals surface area contributed by atoms with Crippen LogP contribution in [0.2, 0.25) is 0 Å². The molecule has 0 bridgehead atoms. The molecule has 1 N–H and O–H groups in total. The smallest absolute Gasteiger partial charge is 0.279 e. The number of amides is 1. The first-order chi connectivity index (χ1) is 16.4. The molecule has 1 aliphatic rings. The number of nitrogens with one attached hydrogen (secondary N) is 1. The SMILES string of the molecule is COc1ccc(-c2ccc(-c3ccc4c(c3)CN(C)C4=O)s2)cc1NS(=O)(=O)c1ccccn1. The first kappa shape index (κ1) is 22.1. The van der Waals surface area contributed by atoms with Gasteiger partial charge in [-0.2, -0.15) is 8.42 Å². The van der Waals surface area contributed by atoms with Gasteiger partial charge in [-0.15, -0.1) is 11.3 Å².